The van der Waals surface area contributed by atoms with Gasteiger partial charge in [0, 0.05) is 29.2 Å². The molecule has 0 spiro atoms. The Morgan fingerprint density at radius 2 is 1.76 bits per heavy atom. The number of likely N-dealkylation sites (tertiary alicyclic amines) is 1. The van der Waals surface area contributed by atoms with Gasteiger partial charge in [0.2, 0.25) is 5.78 Å². The van der Waals surface area contributed by atoms with Gasteiger partial charge in [-0.05, 0) is 70.4 Å². The average molecular weight is 592 g/mol. The molecule has 42 heavy (non-hydrogen) atoms. The highest BCUT2D eigenvalue weighted by Crippen LogP contribution is 2.54. The van der Waals surface area contributed by atoms with E-state index in [0.717, 1.165) is 25.3 Å². The van der Waals surface area contributed by atoms with Crippen molar-refractivity contribution in [3.8, 4) is 5.75 Å². The van der Waals surface area contributed by atoms with Crippen molar-refractivity contribution < 1.29 is 48.0 Å². The number of halogens is 3. The molecule has 1 saturated carbocycles. The van der Waals surface area contributed by atoms with Crippen molar-refractivity contribution in [2.75, 3.05) is 27.2 Å². The Morgan fingerprint density at radius 3 is 2.33 bits per heavy atom. The zero-order valence-electron chi connectivity index (χ0n) is 23.1. The van der Waals surface area contributed by atoms with Crippen LogP contribution in [0.25, 0.3) is 11.6 Å². The molecule has 1 heterocycles. The lowest BCUT2D eigenvalue weighted by atomic mass is 9.57. The van der Waals surface area contributed by atoms with Crippen LogP contribution in [0.3, 0.4) is 0 Å². The Labute approximate surface area is 239 Å². The van der Waals surface area contributed by atoms with E-state index in [2.05, 4.69) is 0 Å². The minimum atomic E-state index is -2.84. The van der Waals surface area contributed by atoms with Gasteiger partial charge in [0.15, 0.2) is 17.2 Å². The molecule has 0 bridgehead atoms. The van der Waals surface area contributed by atoms with Crippen LogP contribution in [-0.2, 0) is 27.3 Å². The highest BCUT2D eigenvalue weighted by molar-refractivity contribution is 6.24. The number of ketones is 2. The predicted octanol–water partition coefficient (Wildman–Crippen LogP) is 2.48. The number of phenols is 1. The van der Waals surface area contributed by atoms with Crippen molar-refractivity contribution in [2.24, 2.45) is 17.6 Å². The van der Waals surface area contributed by atoms with Crippen LogP contribution in [0.15, 0.2) is 29.1 Å². The number of nitrogens with two attached hydrogens (primary N) is 1. The smallest absolute Gasteiger partial charge is 0.306 e. The van der Waals surface area contributed by atoms with E-state index in [-0.39, 0.29) is 30.5 Å². The fraction of sp³-hybridized carbons (Fsp3) is 0.483. The van der Waals surface area contributed by atoms with E-state index in [1.165, 1.54) is 19.0 Å². The normalized spacial score (nSPS) is 28.0. The molecule has 2 fully saturated rings. The molecule has 3 aliphatic carbocycles. The number of hydrogen-bond acceptors (Lipinski definition) is 9. The lowest BCUT2D eigenvalue weighted by molar-refractivity contribution is -0.153. The SMILES string of the molecule is CN(C)[C@@H]1C(=O)C(C(N)=O)=C(O)[C@@]2(O)C(=O)C3=C(O)c4c(O)c(CN5CCCCC5)cc(C(F)=C(F)F)c4C[C@H]3C[C@@H]12. The van der Waals surface area contributed by atoms with Gasteiger partial charge in [0.25, 0.3) is 5.91 Å². The van der Waals surface area contributed by atoms with E-state index < -0.39 is 92.4 Å². The number of fused-ring (bicyclic) bond motifs is 3. The topological polar surface area (TPSA) is 165 Å². The maximum atomic E-state index is 15.0. The van der Waals surface area contributed by atoms with Crippen molar-refractivity contribution in [3.05, 3.63) is 51.3 Å². The first-order valence-corrected chi connectivity index (χ1v) is 13.7. The highest BCUT2D eigenvalue weighted by atomic mass is 19.3. The van der Waals surface area contributed by atoms with Crippen molar-refractivity contribution in [2.45, 2.75) is 50.3 Å². The summed E-state index contributed by atoms with van der Waals surface area (Å²) in [6, 6.07) is -0.182. The minimum absolute atomic E-state index is 0.0576. The van der Waals surface area contributed by atoms with E-state index in [0.29, 0.717) is 13.1 Å². The highest BCUT2D eigenvalue weighted by Gasteiger charge is 2.64. The molecule has 10 nitrogen and oxygen atoms in total. The molecule has 1 aromatic rings. The third-order valence-corrected chi connectivity index (χ3v) is 9.04. The first-order chi connectivity index (χ1) is 19.7. The van der Waals surface area contributed by atoms with E-state index in [1.54, 1.807) is 0 Å². The summed E-state index contributed by atoms with van der Waals surface area (Å²) in [5, 5.41) is 45.4. The van der Waals surface area contributed by atoms with Crippen LogP contribution in [0.1, 0.15) is 47.9 Å². The molecule has 4 atom stereocenters. The molecule has 13 heteroatoms. The molecular formula is C29H32F3N3O7. The third-order valence-electron chi connectivity index (χ3n) is 9.04. The van der Waals surface area contributed by atoms with Gasteiger partial charge in [-0.3, -0.25) is 24.2 Å². The van der Waals surface area contributed by atoms with E-state index >= 15 is 0 Å². The molecule has 6 N–H and O–H groups in total. The number of piperidine rings is 1. The molecule has 0 radical (unpaired) electrons. The van der Waals surface area contributed by atoms with Crippen LogP contribution in [0.4, 0.5) is 13.2 Å². The predicted molar refractivity (Wildman–Crippen MR) is 144 cm³/mol. The maximum Gasteiger partial charge on any atom is 0.306 e. The number of carbonyl (C=O) groups is 3. The molecular weight excluding hydrogens is 559 g/mol. The van der Waals surface area contributed by atoms with Gasteiger partial charge in [-0.25, -0.2) is 4.39 Å². The summed E-state index contributed by atoms with van der Waals surface area (Å²) < 4.78 is 42.2. The van der Waals surface area contributed by atoms with Crippen molar-refractivity contribution in [1.29, 1.82) is 0 Å². The lowest BCUT2D eigenvalue weighted by Gasteiger charge is -2.50. The Morgan fingerprint density at radius 1 is 1.12 bits per heavy atom. The molecule has 1 amide bonds. The van der Waals surface area contributed by atoms with E-state index in [9.17, 15) is 48.0 Å². The van der Waals surface area contributed by atoms with Gasteiger partial charge in [-0.15, -0.1) is 0 Å². The van der Waals surface area contributed by atoms with Crippen LogP contribution in [0.2, 0.25) is 0 Å². The van der Waals surface area contributed by atoms with Gasteiger partial charge in [0.1, 0.15) is 22.8 Å². The van der Waals surface area contributed by atoms with Crippen molar-refractivity contribution in [1.82, 2.24) is 9.80 Å². The number of aliphatic hydroxyl groups excluding tert-OH is 2. The van der Waals surface area contributed by atoms with Crippen LogP contribution in [0, 0.1) is 11.8 Å². The van der Waals surface area contributed by atoms with Crippen LogP contribution < -0.4 is 5.73 Å². The minimum Gasteiger partial charge on any atom is -0.508 e. The second-order valence-corrected chi connectivity index (χ2v) is 11.7. The molecule has 1 aliphatic heterocycles. The Kier molecular flexibility index (Phi) is 7.48. The first kappa shape index (κ1) is 29.8. The van der Waals surface area contributed by atoms with Crippen LogP contribution >= 0.6 is 0 Å². The molecule has 5 rings (SSSR count). The summed E-state index contributed by atoms with van der Waals surface area (Å²) in [6.07, 6.45) is -0.403. The summed E-state index contributed by atoms with van der Waals surface area (Å²) in [6.45, 7) is 1.38. The van der Waals surface area contributed by atoms with Crippen LogP contribution in [0.5, 0.6) is 5.75 Å². The molecule has 1 saturated heterocycles. The maximum absolute atomic E-state index is 15.0. The zero-order chi connectivity index (χ0) is 30.8. The number of benzene rings is 1. The number of nitrogens with zero attached hydrogens (tertiary/aromatic N) is 2. The van der Waals surface area contributed by atoms with Gasteiger partial charge in [-0.1, -0.05) is 6.42 Å². The number of primary amides is 1. The number of carbonyl (C=O) groups excluding carboxylic acids is 3. The van der Waals surface area contributed by atoms with E-state index in [4.69, 9.17) is 5.73 Å². The quantitative estimate of drug-likeness (QED) is 0.324. The number of phenolic OH excluding ortho intramolecular Hbond substituents is 1. The number of aromatic hydroxyl groups is 1. The van der Waals surface area contributed by atoms with Gasteiger partial charge in [-0.2, -0.15) is 8.78 Å². The summed E-state index contributed by atoms with van der Waals surface area (Å²) in [5.74, 6) is -10.4. The second kappa shape index (κ2) is 10.5. The molecule has 0 aromatic heterocycles. The molecule has 226 valence electrons. The van der Waals surface area contributed by atoms with E-state index in [1.807, 2.05) is 4.90 Å². The standard InChI is InChI=1S/C29H32F3N3O7/c1-34(2)21-16-10-12-8-14-15(20(30)27(31)32)9-13(11-35-6-4-3-5-7-35)22(36)18(14)23(37)17(12)25(39)29(16,42)26(40)19(24(21)38)28(33)41/h9,12,16,21,36-37,40,42H,3-8,10-11H2,1-2H3,(H2,33,41)/t12-,16-,21-,29-/m0/s1. The number of hydrogen-bond donors (Lipinski definition) is 5. The molecule has 0 unspecified atom stereocenters. The Bertz CT molecular complexity index is 1490. The fourth-order valence-corrected chi connectivity index (χ4v) is 7.14. The summed E-state index contributed by atoms with van der Waals surface area (Å²) in [4.78, 5) is 42.6. The molecule has 1 aromatic carbocycles. The Hall–Kier alpha value is -3.68. The van der Waals surface area contributed by atoms with Gasteiger partial charge in [0.05, 0.1) is 11.6 Å². The van der Waals surface area contributed by atoms with Crippen molar-refractivity contribution in [3.63, 3.8) is 0 Å². The fourth-order valence-electron chi connectivity index (χ4n) is 7.14. The first-order valence-electron chi connectivity index (χ1n) is 13.7. The van der Waals surface area contributed by atoms with Gasteiger partial charge < -0.3 is 26.2 Å². The van der Waals surface area contributed by atoms with Crippen molar-refractivity contribution >= 4 is 29.1 Å². The third kappa shape index (κ3) is 4.33. The van der Waals surface area contributed by atoms with Gasteiger partial charge >= 0.3 is 6.08 Å². The summed E-state index contributed by atoms with van der Waals surface area (Å²) in [5.41, 5.74) is 0.0193. The number of aliphatic hydroxyl groups is 3. The number of amides is 1. The number of Topliss-reactive ketones (excluding diaryl/α,β-unsaturated/α-hetero) is 2. The second-order valence-electron chi connectivity index (χ2n) is 11.7. The average Bonchev–Trinajstić information content (AvgIpc) is 2.92. The molecule has 4 aliphatic rings. The summed E-state index contributed by atoms with van der Waals surface area (Å²) in [7, 11) is 2.91. The number of rotatable bonds is 5. The zero-order valence-corrected chi connectivity index (χ0v) is 23.1. The Balaban J connectivity index is 1.73. The van der Waals surface area contributed by atoms with Crippen LogP contribution in [-0.4, -0.2) is 86.5 Å². The monoisotopic (exact) mass is 591 g/mol. The summed E-state index contributed by atoms with van der Waals surface area (Å²) >= 11 is 0. The lowest BCUT2D eigenvalue weighted by Crippen LogP contribution is -2.65. The largest absolute Gasteiger partial charge is 0.508 e. The number of likely N-dealkylation sites (N-methyl/N-ethyl adjacent to an activating group) is 1.